The molecule has 0 aliphatic rings. The minimum atomic E-state index is -0.841. The van der Waals surface area contributed by atoms with Crippen molar-refractivity contribution in [1.82, 2.24) is 9.97 Å². The van der Waals surface area contributed by atoms with Gasteiger partial charge in [-0.1, -0.05) is 30.3 Å². The van der Waals surface area contributed by atoms with Gasteiger partial charge < -0.3 is 5.32 Å². The molecule has 0 saturated carbocycles. The summed E-state index contributed by atoms with van der Waals surface area (Å²) in [4.78, 5) is 19.5. The van der Waals surface area contributed by atoms with Crippen molar-refractivity contribution in [1.29, 1.82) is 5.26 Å². The highest BCUT2D eigenvalue weighted by molar-refractivity contribution is 5.97. The number of rotatable bonds is 3. The first kappa shape index (κ1) is 11.7. The van der Waals surface area contributed by atoms with Crippen LogP contribution in [0.15, 0.2) is 49.1 Å². The van der Waals surface area contributed by atoms with Gasteiger partial charge >= 0.3 is 0 Å². The van der Waals surface area contributed by atoms with Gasteiger partial charge in [0, 0.05) is 0 Å². The molecule has 1 atom stereocenters. The minimum Gasteiger partial charge on any atom is -0.322 e. The molecule has 1 heterocycles. The predicted octanol–water partition coefficient (Wildman–Crippen LogP) is 1.72. The molecule has 0 aliphatic heterocycles. The molecule has 5 heteroatoms. The van der Waals surface area contributed by atoms with Gasteiger partial charge in [0.1, 0.15) is 6.33 Å². The first-order valence-electron chi connectivity index (χ1n) is 5.31. The number of carbonyl (C=O) groups excluding carboxylic acids is 1. The molecule has 1 aromatic carbocycles. The Balaban J connectivity index is 2.15. The first-order chi connectivity index (χ1) is 8.81. The van der Waals surface area contributed by atoms with E-state index in [1.165, 1.54) is 18.7 Å². The average Bonchev–Trinajstić information content (AvgIpc) is 2.42. The van der Waals surface area contributed by atoms with Crippen molar-refractivity contribution in [3.63, 3.8) is 0 Å². The summed E-state index contributed by atoms with van der Waals surface area (Å²) in [7, 11) is 0. The maximum absolute atomic E-state index is 12.0. The quantitative estimate of drug-likeness (QED) is 0.883. The number of nitriles is 1. The summed E-state index contributed by atoms with van der Waals surface area (Å²) in [6.45, 7) is 0. The molecule has 1 unspecified atom stereocenters. The molecule has 0 spiro atoms. The Morgan fingerprint density at radius 1 is 1.22 bits per heavy atom. The summed E-state index contributed by atoms with van der Waals surface area (Å²) in [5.74, 6) is -1.23. The number of hydrogen-bond acceptors (Lipinski definition) is 4. The summed E-state index contributed by atoms with van der Waals surface area (Å²) >= 11 is 0. The zero-order valence-electron chi connectivity index (χ0n) is 9.45. The number of aromatic nitrogens is 2. The van der Waals surface area contributed by atoms with E-state index in [-0.39, 0.29) is 0 Å². The van der Waals surface area contributed by atoms with Gasteiger partial charge in [-0.2, -0.15) is 5.26 Å². The van der Waals surface area contributed by atoms with Crippen molar-refractivity contribution in [2.45, 2.75) is 5.92 Å². The highest BCUT2D eigenvalue weighted by Gasteiger charge is 2.19. The first-order valence-corrected chi connectivity index (χ1v) is 5.31. The second-order valence-corrected chi connectivity index (χ2v) is 3.59. The summed E-state index contributed by atoms with van der Waals surface area (Å²) in [6, 6.07) is 10.9. The van der Waals surface area contributed by atoms with Crippen LogP contribution in [0.4, 0.5) is 5.69 Å². The minimum absolute atomic E-state index is 0.390. The average molecular weight is 238 g/mol. The van der Waals surface area contributed by atoms with Gasteiger partial charge in [0.2, 0.25) is 5.91 Å². The van der Waals surface area contributed by atoms with Crippen molar-refractivity contribution < 1.29 is 4.79 Å². The zero-order chi connectivity index (χ0) is 12.8. The molecule has 1 aromatic heterocycles. The van der Waals surface area contributed by atoms with Gasteiger partial charge in [0.15, 0.2) is 5.92 Å². The molecular formula is C13H10N4O. The van der Waals surface area contributed by atoms with Crippen LogP contribution in [-0.2, 0) is 4.79 Å². The van der Waals surface area contributed by atoms with Gasteiger partial charge in [0.25, 0.3) is 0 Å². The second-order valence-electron chi connectivity index (χ2n) is 3.59. The molecule has 1 N–H and O–H groups in total. The van der Waals surface area contributed by atoms with E-state index in [1.807, 2.05) is 12.1 Å². The van der Waals surface area contributed by atoms with E-state index in [4.69, 9.17) is 5.26 Å². The highest BCUT2D eigenvalue weighted by atomic mass is 16.1. The number of carbonyl (C=O) groups is 1. The molecule has 88 valence electrons. The Hall–Kier alpha value is -2.74. The van der Waals surface area contributed by atoms with Crippen LogP contribution >= 0.6 is 0 Å². The molecule has 5 nitrogen and oxygen atoms in total. The number of benzene rings is 1. The SMILES string of the molecule is N#CC(C(=O)Nc1cncnc1)c1ccccc1. The molecule has 2 rings (SSSR count). The normalized spacial score (nSPS) is 11.3. The lowest BCUT2D eigenvalue weighted by molar-refractivity contribution is -0.116. The lowest BCUT2D eigenvalue weighted by Crippen LogP contribution is -2.20. The Labute approximate surface area is 104 Å². The maximum atomic E-state index is 12.0. The van der Waals surface area contributed by atoms with Crippen molar-refractivity contribution in [2.75, 3.05) is 5.32 Å². The Kier molecular flexibility index (Phi) is 3.62. The van der Waals surface area contributed by atoms with Crippen molar-refractivity contribution in [2.24, 2.45) is 0 Å². The zero-order valence-corrected chi connectivity index (χ0v) is 9.45. The van der Waals surface area contributed by atoms with Crippen molar-refractivity contribution in [3.05, 3.63) is 54.6 Å². The fourth-order valence-corrected chi connectivity index (χ4v) is 1.51. The standard InChI is InChI=1S/C13H10N4O/c14-6-12(10-4-2-1-3-5-10)13(18)17-11-7-15-9-16-8-11/h1-5,7-9,12H,(H,17,18). The molecule has 2 aromatic rings. The third kappa shape index (κ3) is 2.68. The van der Waals surface area contributed by atoms with E-state index in [0.717, 1.165) is 0 Å². The third-order valence-electron chi connectivity index (χ3n) is 2.35. The van der Waals surface area contributed by atoms with Gasteiger partial charge in [0.05, 0.1) is 24.2 Å². The van der Waals surface area contributed by atoms with Gasteiger partial charge in [-0.15, -0.1) is 0 Å². The fourth-order valence-electron chi connectivity index (χ4n) is 1.51. The van der Waals surface area contributed by atoms with Crippen LogP contribution in [0.2, 0.25) is 0 Å². The fraction of sp³-hybridized carbons (Fsp3) is 0.0769. The second kappa shape index (κ2) is 5.55. The van der Waals surface area contributed by atoms with E-state index in [1.54, 1.807) is 24.3 Å². The topological polar surface area (TPSA) is 78.7 Å². The van der Waals surface area contributed by atoms with Crippen LogP contribution in [0.5, 0.6) is 0 Å². The number of amides is 1. The number of nitrogens with one attached hydrogen (secondary N) is 1. The Morgan fingerprint density at radius 3 is 2.50 bits per heavy atom. The van der Waals surface area contributed by atoms with Crippen molar-refractivity contribution >= 4 is 11.6 Å². The largest absolute Gasteiger partial charge is 0.322 e. The van der Waals surface area contributed by atoms with E-state index in [2.05, 4.69) is 15.3 Å². The molecular weight excluding hydrogens is 228 g/mol. The number of hydrogen-bond donors (Lipinski definition) is 1. The molecule has 0 saturated heterocycles. The molecule has 0 fully saturated rings. The molecule has 18 heavy (non-hydrogen) atoms. The summed E-state index contributed by atoms with van der Waals surface area (Å²) < 4.78 is 0. The molecule has 0 radical (unpaired) electrons. The van der Waals surface area contributed by atoms with E-state index < -0.39 is 11.8 Å². The molecule has 0 bridgehead atoms. The van der Waals surface area contributed by atoms with Crippen LogP contribution in [0.25, 0.3) is 0 Å². The smallest absolute Gasteiger partial charge is 0.246 e. The predicted molar refractivity (Wildman–Crippen MR) is 65.5 cm³/mol. The van der Waals surface area contributed by atoms with Crippen LogP contribution in [0.1, 0.15) is 11.5 Å². The van der Waals surface area contributed by atoms with Crippen LogP contribution in [0.3, 0.4) is 0 Å². The van der Waals surface area contributed by atoms with Crippen molar-refractivity contribution in [3.8, 4) is 6.07 Å². The van der Waals surface area contributed by atoms with E-state index >= 15 is 0 Å². The maximum Gasteiger partial charge on any atom is 0.246 e. The monoisotopic (exact) mass is 238 g/mol. The number of nitrogens with zero attached hydrogens (tertiary/aromatic N) is 3. The molecule has 0 aliphatic carbocycles. The Morgan fingerprint density at radius 2 is 1.89 bits per heavy atom. The highest BCUT2D eigenvalue weighted by Crippen LogP contribution is 2.16. The molecule has 1 amide bonds. The van der Waals surface area contributed by atoms with Gasteiger partial charge in [-0.3, -0.25) is 4.79 Å². The number of anilines is 1. The lowest BCUT2D eigenvalue weighted by Gasteiger charge is -2.09. The van der Waals surface area contributed by atoms with E-state index in [0.29, 0.717) is 11.3 Å². The van der Waals surface area contributed by atoms with Gasteiger partial charge in [-0.25, -0.2) is 9.97 Å². The summed E-state index contributed by atoms with van der Waals surface area (Å²) in [6.07, 6.45) is 4.32. The summed E-state index contributed by atoms with van der Waals surface area (Å²) in [5.41, 5.74) is 1.13. The lowest BCUT2D eigenvalue weighted by atomic mass is 10.00. The van der Waals surface area contributed by atoms with Crippen LogP contribution in [-0.4, -0.2) is 15.9 Å². The Bertz CT molecular complexity index is 563. The van der Waals surface area contributed by atoms with Crippen LogP contribution < -0.4 is 5.32 Å². The summed E-state index contributed by atoms with van der Waals surface area (Å²) in [5, 5.41) is 11.7. The van der Waals surface area contributed by atoms with Gasteiger partial charge in [-0.05, 0) is 5.56 Å². The van der Waals surface area contributed by atoms with E-state index in [9.17, 15) is 4.79 Å². The van der Waals surface area contributed by atoms with Crippen LogP contribution in [0, 0.1) is 11.3 Å². The third-order valence-corrected chi connectivity index (χ3v) is 2.35.